The molecule has 2 aliphatic heterocycles. The third-order valence-electron chi connectivity index (χ3n) is 4.89. The largest absolute Gasteiger partial charge is 0.379 e. The lowest BCUT2D eigenvalue weighted by atomic mass is 10.2. The summed E-state index contributed by atoms with van der Waals surface area (Å²) in [6, 6.07) is 0.633. The van der Waals surface area contributed by atoms with Crippen molar-refractivity contribution in [3.05, 3.63) is 18.2 Å². The van der Waals surface area contributed by atoms with Gasteiger partial charge in [-0.2, -0.15) is 0 Å². The lowest BCUT2D eigenvalue weighted by Crippen LogP contribution is -2.46. The standard InChI is InChI=1S/C17H30N6O.HI/c1-3-18-17(20-6-9-21-8-5-19-15(21)2)23-7-4-16(14-23)22-10-12-24-13-11-22;/h5,8,16H,3-4,6-7,9-14H2,1-2H3,(H,18,20);1H. The Morgan fingerprint density at radius 2 is 2.16 bits per heavy atom. The van der Waals surface area contributed by atoms with Crippen LogP contribution in [0.25, 0.3) is 0 Å². The molecule has 1 atom stereocenters. The molecule has 25 heavy (non-hydrogen) atoms. The van der Waals surface area contributed by atoms with Crippen molar-refractivity contribution in [2.45, 2.75) is 32.9 Å². The van der Waals surface area contributed by atoms with Crippen molar-refractivity contribution in [1.29, 1.82) is 0 Å². The van der Waals surface area contributed by atoms with Crippen LogP contribution in [0.5, 0.6) is 0 Å². The van der Waals surface area contributed by atoms with Gasteiger partial charge in [0.05, 0.1) is 19.8 Å². The van der Waals surface area contributed by atoms with Crippen LogP contribution < -0.4 is 5.32 Å². The molecule has 8 heteroatoms. The molecule has 1 aromatic heterocycles. The Balaban J connectivity index is 0.00000225. The Labute approximate surface area is 167 Å². The Hall–Kier alpha value is -0.870. The summed E-state index contributed by atoms with van der Waals surface area (Å²) in [7, 11) is 0. The smallest absolute Gasteiger partial charge is 0.194 e. The zero-order valence-corrected chi connectivity index (χ0v) is 17.7. The summed E-state index contributed by atoms with van der Waals surface area (Å²) in [4.78, 5) is 14.1. The number of guanidine groups is 1. The Kier molecular flexibility index (Phi) is 8.44. The molecule has 1 aromatic rings. The first-order valence-electron chi connectivity index (χ1n) is 9.10. The topological polar surface area (TPSA) is 57.9 Å². The van der Waals surface area contributed by atoms with Crippen LogP contribution >= 0.6 is 24.0 Å². The molecule has 1 unspecified atom stereocenters. The summed E-state index contributed by atoms with van der Waals surface area (Å²) < 4.78 is 7.62. The number of nitrogens with zero attached hydrogens (tertiary/aromatic N) is 5. The fourth-order valence-corrected chi connectivity index (χ4v) is 3.50. The monoisotopic (exact) mass is 462 g/mol. The van der Waals surface area contributed by atoms with Gasteiger partial charge in [0.15, 0.2) is 5.96 Å². The third-order valence-corrected chi connectivity index (χ3v) is 4.89. The summed E-state index contributed by atoms with van der Waals surface area (Å²) in [5, 5.41) is 3.45. The van der Waals surface area contributed by atoms with Crippen molar-refractivity contribution in [2.75, 3.05) is 52.5 Å². The number of aromatic nitrogens is 2. The quantitative estimate of drug-likeness (QED) is 0.405. The molecule has 0 aliphatic carbocycles. The van der Waals surface area contributed by atoms with Crippen molar-refractivity contribution in [1.82, 2.24) is 24.7 Å². The highest BCUT2D eigenvalue weighted by molar-refractivity contribution is 14.0. The number of nitrogens with one attached hydrogen (secondary N) is 1. The first kappa shape index (κ1) is 20.4. The van der Waals surface area contributed by atoms with E-state index in [0.717, 1.165) is 70.8 Å². The number of aryl methyl sites for hydroxylation is 1. The fraction of sp³-hybridized carbons (Fsp3) is 0.765. The molecule has 2 fully saturated rings. The molecule has 3 heterocycles. The van der Waals surface area contributed by atoms with Gasteiger partial charge in [-0.15, -0.1) is 24.0 Å². The van der Waals surface area contributed by atoms with Crippen molar-refractivity contribution in [2.24, 2.45) is 4.99 Å². The maximum Gasteiger partial charge on any atom is 0.194 e. The van der Waals surface area contributed by atoms with Crippen molar-refractivity contribution < 1.29 is 4.74 Å². The normalized spacial score (nSPS) is 22.1. The van der Waals surface area contributed by atoms with Gasteiger partial charge in [0.1, 0.15) is 5.82 Å². The molecule has 1 N–H and O–H groups in total. The van der Waals surface area contributed by atoms with Crippen LogP contribution in [0.2, 0.25) is 0 Å². The van der Waals surface area contributed by atoms with Gasteiger partial charge < -0.3 is 19.5 Å². The number of ether oxygens (including phenoxy) is 1. The minimum atomic E-state index is 0. The SMILES string of the molecule is CCNC(=NCCn1ccnc1C)N1CCC(N2CCOCC2)C1.I. The van der Waals surface area contributed by atoms with E-state index in [1.807, 2.05) is 19.3 Å². The number of imidazole rings is 1. The minimum Gasteiger partial charge on any atom is -0.379 e. The van der Waals surface area contributed by atoms with E-state index in [1.54, 1.807) is 0 Å². The molecule has 0 spiro atoms. The van der Waals surface area contributed by atoms with E-state index in [0.29, 0.717) is 6.04 Å². The van der Waals surface area contributed by atoms with Gasteiger partial charge >= 0.3 is 0 Å². The second kappa shape index (κ2) is 10.3. The molecule has 0 aromatic carbocycles. The van der Waals surface area contributed by atoms with Gasteiger partial charge in [0.2, 0.25) is 0 Å². The summed E-state index contributed by atoms with van der Waals surface area (Å²) in [5.41, 5.74) is 0. The van der Waals surface area contributed by atoms with Crippen LogP contribution in [-0.4, -0.2) is 83.8 Å². The van der Waals surface area contributed by atoms with Crippen molar-refractivity contribution in [3.63, 3.8) is 0 Å². The van der Waals surface area contributed by atoms with E-state index >= 15 is 0 Å². The van der Waals surface area contributed by atoms with Crippen molar-refractivity contribution in [3.8, 4) is 0 Å². The van der Waals surface area contributed by atoms with Crippen LogP contribution in [0.1, 0.15) is 19.2 Å². The molecule has 0 radical (unpaired) electrons. The molecule has 142 valence electrons. The van der Waals surface area contributed by atoms with Crippen LogP contribution in [-0.2, 0) is 11.3 Å². The molecule has 0 saturated carbocycles. The average Bonchev–Trinajstić information content (AvgIpc) is 3.25. The molecule has 2 aliphatic rings. The van der Waals surface area contributed by atoms with E-state index in [2.05, 4.69) is 31.6 Å². The van der Waals surface area contributed by atoms with Crippen LogP contribution in [0.4, 0.5) is 0 Å². The van der Waals surface area contributed by atoms with E-state index < -0.39 is 0 Å². The molecular formula is C17H31IN6O. The fourth-order valence-electron chi connectivity index (χ4n) is 3.50. The molecule has 0 bridgehead atoms. The van der Waals surface area contributed by atoms with Gasteiger partial charge in [-0.05, 0) is 20.3 Å². The predicted molar refractivity (Wildman–Crippen MR) is 111 cm³/mol. The first-order valence-corrected chi connectivity index (χ1v) is 9.10. The van der Waals surface area contributed by atoms with Gasteiger partial charge in [0, 0.05) is 57.7 Å². The van der Waals surface area contributed by atoms with E-state index in [1.165, 1.54) is 6.42 Å². The van der Waals surface area contributed by atoms with Crippen molar-refractivity contribution >= 4 is 29.9 Å². The Morgan fingerprint density at radius 3 is 2.84 bits per heavy atom. The van der Waals surface area contributed by atoms with Crippen LogP contribution in [0.15, 0.2) is 17.4 Å². The average molecular weight is 462 g/mol. The number of morpholine rings is 1. The second-order valence-electron chi connectivity index (χ2n) is 6.44. The lowest BCUT2D eigenvalue weighted by molar-refractivity contribution is 0.0195. The number of likely N-dealkylation sites (tertiary alicyclic amines) is 1. The van der Waals surface area contributed by atoms with Gasteiger partial charge in [-0.1, -0.05) is 0 Å². The van der Waals surface area contributed by atoms with E-state index in [4.69, 9.17) is 9.73 Å². The minimum absolute atomic E-state index is 0. The Bertz CT molecular complexity index is 543. The highest BCUT2D eigenvalue weighted by atomic mass is 127. The number of rotatable bonds is 5. The van der Waals surface area contributed by atoms with Gasteiger partial charge in [0.25, 0.3) is 0 Å². The maximum atomic E-state index is 5.47. The summed E-state index contributed by atoms with van der Waals surface area (Å²) in [6.07, 6.45) is 5.07. The zero-order chi connectivity index (χ0) is 16.8. The highest BCUT2D eigenvalue weighted by Crippen LogP contribution is 2.17. The number of aliphatic imine (C=N–C) groups is 1. The van der Waals surface area contributed by atoms with E-state index in [-0.39, 0.29) is 24.0 Å². The summed E-state index contributed by atoms with van der Waals surface area (Å²) >= 11 is 0. The highest BCUT2D eigenvalue weighted by Gasteiger charge is 2.30. The van der Waals surface area contributed by atoms with Gasteiger partial charge in [-0.25, -0.2) is 4.98 Å². The molecule has 7 nitrogen and oxygen atoms in total. The van der Waals surface area contributed by atoms with E-state index in [9.17, 15) is 0 Å². The predicted octanol–water partition coefficient (Wildman–Crippen LogP) is 1.18. The Morgan fingerprint density at radius 1 is 1.36 bits per heavy atom. The molecule has 3 rings (SSSR count). The number of halogens is 1. The maximum absolute atomic E-state index is 5.47. The number of hydrogen-bond donors (Lipinski definition) is 1. The summed E-state index contributed by atoms with van der Waals surface area (Å²) in [5.74, 6) is 2.09. The third kappa shape index (κ3) is 5.55. The molecule has 0 amide bonds. The first-order chi connectivity index (χ1) is 11.8. The van der Waals surface area contributed by atoms with Crippen LogP contribution in [0, 0.1) is 6.92 Å². The van der Waals surface area contributed by atoms with Crippen LogP contribution in [0.3, 0.4) is 0 Å². The lowest BCUT2D eigenvalue weighted by Gasteiger charge is -2.32. The number of hydrogen-bond acceptors (Lipinski definition) is 4. The second-order valence-corrected chi connectivity index (χ2v) is 6.44. The molecular weight excluding hydrogens is 431 g/mol. The zero-order valence-electron chi connectivity index (χ0n) is 15.4. The molecule has 2 saturated heterocycles. The van der Waals surface area contributed by atoms with Gasteiger partial charge in [-0.3, -0.25) is 9.89 Å². The summed E-state index contributed by atoms with van der Waals surface area (Å²) in [6.45, 7) is 12.7.